The van der Waals surface area contributed by atoms with Gasteiger partial charge in [-0.2, -0.15) is 5.10 Å². The van der Waals surface area contributed by atoms with Gasteiger partial charge in [-0.1, -0.05) is 78.5 Å². The molecule has 4 aromatic rings. The van der Waals surface area contributed by atoms with Crippen LogP contribution in [0.4, 0.5) is 0 Å². The molecule has 0 spiro atoms. The highest BCUT2D eigenvalue weighted by atomic mass is 32.2. The van der Waals surface area contributed by atoms with Crippen LogP contribution in [-0.4, -0.2) is 39.2 Å². The summed E-state index contributed by atoms with van der Waals surface area (Å²) < 4.78 is 7.52. The molecular formula is C28H27N5O2S. The summed E-state index contributed by atoms with van der Waals surface area (Å²) in [6, 6.07) is 27.5. The third-order valence-electron chi connectivity index (χ3n) is 5.05. The largest absolute Gasteiger partial charge is 0.494 e. The highest BCUT2D eigenvalue weighted by molar-refractivity contribution is 7.99. The first-order valence-corrected chi connectivity index (χ1v) is 12.5. The highest BCUT2D eigenvalue weighted by Gasteiger charge is 2.17. The van der Waals surface area contributed by atoms with Crippen molar-refractivity contribution < 1.29 is 9.53 Å². The average molecular weight is 498 g/mol. The standard InChI is InChI=1S/C28H27N5O2S/c1-3-35-25-16-14-24(15-17-25)33-27(23-12-8-5-9-13-23)31-32-28(33)36-20-26(34)30-29-19-21(2)18-22-10-6-4-7-11-22/h4-19H,3,20H2,1-2H3,(H,30,34)/b21-18+,29-19+. The van der Waals surface area contributed by atoms with E-state index in [4.69, 9.17) is 4.74 Å². The number of benzene rings is 3. The summed E-state index contributed by atoms with van der Waals surface area (Å²) >= 11 is 1.30. The quantitative estimate of drug-likeness (QED) is 0.174. The summed E-state index contributed by atoms with van der Waals surface area (Å²) in [4.78, 5) is 12.5. The first-order valence-electron chi connectivity index (χ1n) is 11.6. The molecule has 0 unspecified atom stereocenters. The van der Waals surface area contributed by atoms with Crippen LogP contribution in [0.25, 0.3) is 23.2 Å². The lowest BCUT2D eigenvalue weighted by molar-refractivity contribution is -0.118. The van der Waals surface area contributed by atoms with Gasteiger partial charge >= 0.3 is 0 Å². The van der Waals surface area contributed by atoms with Gasteiger partial charge in [0.2, 0.25) is 0 Å². The molecule has 0 bridgehead atoms. The number of carbonyl (C=O) groups excluding carboxylic acids is 1. The van der Waals surface area contributed by atoms with E-state index in [1.807, 2.05) is 109 Å². The van der Waals surface area contributed by atoms with Crippen LogP contribution in [0.3, 0.4) is 0 Å². The molecule has 0 saturated carbocycles. The number of hydrogen-bond donors (Lipinski definition) is 1. The molecular weight excluding hydrogens is 470 g/mol. The number of nitrogens with zero attached hydrogens (tertiary/aromatic N) is 4. The van der Waals surface area contributed by atoms with Crippen molar-refractivity contribution in [2.45, 2.75) is 19.0 Å². The SMILES string of the molecule is CCOc1ccc(-n2c(SCC(=O)N/N=C/C(C)=C/c3ccccc3)nnc2-c2ccccc2)cc1. The Kier molecular flexibility index (Phi) is 8.67. The normalized spacial score (nSPS) is 11.6. The molecule has 1 heterocycles. The van der Waals surface area contributed by atoms with E-state index >= 15 is 0 Å². The second-order valence-corrected chi connectivity index (χ2v) is 8.76. The van der Waals surface area contributed by atoms with Crippen molar-refractivity contribution >= 4 is 30.0 Å². The Bertz CT molecular complexity index is 1330. The van der Waals surface area contributed by atoms with E-state index in [9.17, 15) is 4.79 Å². The maximum atomic E-state index is 12.5. The lowest BCUT2D eigenvalue weighted by atomic mass is 10.1. The van der Waals surface area contributed by atoms with Gasteiger partial charge in [-0.15, -0.1) is 10.2 Å². The molecule has 182 valence electrons. The Labute approximate surface area is 214 Å². The molecule has 0 fully saturated rings. The Balaban J connectivity index is 1.46. The van der Waals surface area contributed by atoms with Gasteiger partial charge in [-0.05, 0) is 49.2 Å². The number of nitrogens with one attached hydrogen (secondary N) is 1. The lowest BCUT2D eigenvalue weighted by Crippen LogP contribution is -2.20. The summed E-state index contributed by atoms with van der Waals surface area (Å²) in [7, 11) is 0. The predicted octanol–water partition coefficient (Wildman–Crippen LogP) is 5.63. The van der Waals surface area contributed by atoms with Gasteiger partial charge in [0, 0.05) is 11.3 Å². The fourth-order valence-corrected chi connectivity index (χ4v) is 4.19. The molecule has 0 radical (unpaired) electrons. The van der Waals surface area contributed by atoms with E-state index in [1.165, 1.54) is 11.8 Å². The Morgan fingerprint density at radius 2 is 1.69 bits per heavy atom. The van der Waals surface area contributed by atoms with Crippen LogP contribution in [0, 0.1) is 0 Å². The van der Waals surface area contributed by atoms with Crippen LogP contribution >= 0.6 is 11.8 Å². The maximum absolute atomic E-state index is 12.5. The Morgan fingerprint density at radius 1 is 1.00 bits per heavy atom. The molecule has 0 aliphatic carbocycles. The fraction of sp³-hybridized carbons (Fsp3) is 0.143. The maximum Gasteiger partial charge on any atom is 0.250 e. The van der Waals surface area contributed by atoms with Gasteiger partial charge in [-0.25, -0.2) is 5.43 Å². The minimum Gasteiger partial charge on any atom is -0.494 e. The van der Waals surface area contributed by atoms with Gasteiger partial charge in [0.05, 0.1) is 18.6 Å². The van der Waals surface area contributed by atoms with E-state index in [1.54, 1.807) is 6.21 Å². The summed E-state index contributed by atoms with van der Waals surface area (Å²) in [5.74, 6) is 1.40. The molecule has 1 amide bonds. The van der Waals surface area contributed by atoms with E-state index in [0.717, 1.165) is 28.1 Å². The summed E-state index contributed by atoms with van der Waals surface area (Å²) in [6.45, 7) is 4.48. The van der Waals surface area contributed by atoms with Gasteiger partial charge < -0.3 is 4.74 Å². The van der Waals surface area contributed by atoms with Crippen molar-refractivity contribution in [2.24, 2.45) is 5.10 Å². The van der Waals surface area contributed by atoms with Crippen molar-refractivity contribution in [3.8, 4) is 22.8 Å². The minimum atomic E-state index is -0.230. The van der Waals surface area contributed by atoms with Crippen molar-refractivity contribution in [1.29, 1.82) is 0 Å². The molecule has 0 saturated heterocycles. The zero-order chi connectivity index (χ0) is 25.2. The third-order valence-corrected chi connectivity index (χ3v) is 5.98. The van der Waals surface area contributed by atoms with Crippen molar-refractivity contribution in [1.82, 2.24) is 20.2 Å². The van der Waals surface area contributed by atoms with E-state index in [0.29, 0.717) is 17.6 Å². The van der Waals surface area contributed by atoms with Gasteiger partial charge in [0.25, 0.3) is 5.91 Å². The number of hydrogen-bond acceptors (Lipinski definition) is 6. The highest BCUT2D eigenvalue weighted by Crippen LogP contribution is 2.28. The molecule has 8 heteroatoms. The van der Waals surface area contributed by atoms with Gasteiger partial charge in [0.1, 0.15) is 5.75 Å². The van der Waals surface area contributed by atoms with Crippen LogP contribution in [-0.2, 0) is 4.79 Å². The number of amides is 1. The van der Waals surface area contributed by atoms with Crippen LogP contribution in [0.2, 0.25) is 0 Å². The second kappa shape index (κ2) is 12.5. The van der Waals surface area contributed by atoms with Crippen LogP contribution < -0.4 is 10.2 Å². The number of carbonyl (C=O) groups is 1. The topological polar surface area (TPSA) is 81.4 Å². The molecule has 0 aliphatic heterocycles. The van der Waals surface area contributed by atoms with E-state index in [2.05, 4.69) is 20.7 Å². The Hall–Kier alpha value is -4.17. The van der Waals surface area contributed by atoms with Crippen molar-refractivity contribution in [3.05, 3.63) is 96.1 Å². The number of rotatable bonds is 10. The monoisotopic (exact) mass is 497 g/mol. The van der Waals surface area contributed by atoms with Crippen molar-refractivity contribution in [2.75, 3.05) is 12.4 Å². The predicted molar refractivity (Wildman–Crippen MR) is 145 cm³/mol. The lowest BCUT2D eigenvalue weighted by Gasteiger charge is -2.11. The molecule has 7 nitrogen and oxygen atoms in total. The van der Waals surface area contributed by atoms with E-state index in [-0.39, 0.29) is 11.7 Å². The number of aromatic nitrogens is 3. The van der Waals surface area contributed by atoms with Crippen LogP contribution in [0.1, 0.15) is 19.4 Å². The zero-order valence-electron chi connectivity index (χ0n) is 20.2. The molecule has 0 aliphatic rings. The molecule has 1 aromatic heterocycles. The number of hydrazone groups is 1. The average Bonchev–Trinajstić information content (AvgIpc) is 3.33. The minimum absolute atomic E-state index is 0.142. The molecule has 4 rings (SSSR count). The van der Waals surface area contributed by atoms with Crippen molar-refractivity contribution in [3.63, 3.8) is 0 Å². The van der Waals surface area contributed by atoms with Crippen LogP contribution in [0.5, 0.6) is 5.75 Å². The molecule has 3 aromatic carbocycles. The van der Waals surface area contributed by atoms with Crippen LogP contribution in [0.15, 0.2) is 101 Å². The first-order chi connectivity index (χ1) is 17.6. The van der Waals surface area contributed by atoms with Gasteiger partial charge in [-0.3, -0.25) is 9.36 Å². The number of ether oxygens (including phenoxy) is 1. The number of thioether (sulfide) groups is 1. The molecule has 0 atom stereocenters. The number of allylic oxidation sites excluding steroid dienone is 1. The summed E-state index contributed by atoms with van der Waals surface area (Å²) in [6.07, 6.45) is 3.63. The smallest absolute Gasteiger partial charge is 0.250 e. The summed E-state index contributed by atoms with van der Waals surface area (Å²) in [5.41, 5.74) is 6.40. The summed E-state index contributed by atoms with van der Waals surface area (Å²) in [5, 5.41) is 13.5. The fourth-order valence-electron chi connectivity index (χ4n) is 3.45. The second-order valence-electron chi connectivity index (χ2n) is 7.82. The Morgan fingerprint density at radius 3 is 2.39 bits per heavy atom. The first kappa shape index (κ1) is 24.9. The van der Waals surface area contributed by atoms with E-state index < -0.39 is 0 Å². The molecule has 1 N–H and O–H groups in total. The molecule has 36 heavy (non-hydrogen) atoms. The zero-order valence-corrected chi connectivity index (χ0v) is 21.0. The third kappa shape index (κ3) is 6.70. The van der Waals surface area contributed by atoms with Gasteiger partial charge in [0.15, 0.2) is 11.0 Å².